The summed E-state index contributed by atoms with van der Waals surface area (Å²) in [6.45, 7) is 2.66. The molecule has 4 aromatic heterocycles. The van der Waals surface area contributed by atoms with E-state index in [4.69, 9.17) is 19.8 Å². The maximum atomic E-state index is 13.2. The lowest BCUT2D eigenvalue weighted by molar-refractivity contribution is 0.402. The number of benzene rings is 2. The summed E-state index contributed by atoms with van der Waals surface area (Å²) in [4.78, 5) is 28.1. The standard InChI is InChI=1S/C30H27N7O3.CH4O3S/c1-17(37-29-25(28(31)33-16-34-29)26(35-37)20-12-21(38)14-32-13-20)27-24(19-8-6-7-18(11-19)15-36(2)3)22-9-4-5-10-23(22)30(39)40-27;1-5(2,3)4/h4-14,16-17,38H,15H2,1-3H3,(H2,31,33,34);1H3,(H,2,3,4). The molecule has 232 valence electrons. The van der Waals surface area contributed by atoms with Gasteiger partial charge in [0.2, 0.25) is 0 Å². The molecular formula is C31H31N7O6S. The Labute approximate surface area is 258 Å². The molecule has 13 nitrogen and oxygen atoms in total. The van der Waals surface area contributed by atoms with E-state index in [1.165, 1.54) is 12.5 Å². The Bertz CT molecular complexity index is 2190. The number of nitrogen functional groups attached to an aromatic ring is 1. The molecule has 0 aliphatic carbocycles. The molecule has 1 unspecified atom stereocenters. The van der Waals surface area contributed by atoms with Crippen molar-refractivity contribution in [3.63, 3.8) is 0 Å². The number of anilines is 1. The molecule has 0 bridgehead atoms. The van der Waals surface area contributed by atoms with Crippen LogP contribution in [0.3, 0.4) is 0 Å². The van der Waals surface area contributed by atoms with Crippen molar-refractivity contribution in [1.82, 2.24) is 29.6 Å². The zero-order chi connectivity index (χ0) is 32.5. The van der Waals surface area contributed by atoms with E-state index in [9.17, 15) is 18.3 Å². The van der Waals surface area contributed by atoms with E-state index in [1.807, 2.05) is 51.4 Å². The summed E-state index contributed by atoms with van der Waals surface area (Å²) in [5.74, 6) is 0.662. The van der Waals surface area contributed by atoms with Crippen molar-refractivity contribution in [2.45, 2.75) is 19.5 Å². The van der Waals surface area contributed by atoms with Crippen molar-refractivity contribution >= 4 is 37.7 Å². The summed E-state index contributed by atoms with van der Waals surface area (Å²) in [6, 6.07) is 16.6. The van der Waals surface area contributed by atoms with Crippen molar-refractivity contribution in [1.29, 1.82) is 0 Å². The Balaban J connectivity index is 0.000000743. The third-order valence-electron chi connectivity index (χ3n) is 6.84. The lowest BCUT2D eigenvalue weighted by atomic mass is 9.94. The minimum Gasteiger partial charge on any atom is -0.506 e. The van der Waals surface area contributed by atoms with Crippen LogP contribution in [0.5, 0.6) is 5.75 Å². The molecule has 45 heavy (non-hydrogen) atoms. The minimum absolute atomic E-state index is 0.0101. The summed E-state index contributed by atoms with van der Waals surface area (Å²) in [5.41, 5.74) is 10.2. The Morgan fingerprint density at radius 2 is 1.73 bits per heavy atom. The number of aromatic nitrogens is 5. The number of fused-ring (bicyclic) bond motifs is 2. The van der Waals surface area contributed by atoms with E-state index in [2.05, 4.69) is 32.0 Å². The molecule has 0 radical (unpaired) electrons. The fourth-order valence-electron chi connectivity index (χ4n) is 5.14. The first-order valence-electron chi connectivity index (χ1n) is 13.7. The highest BCUT2D eigenvalue weighted by molar-refractivity contribution is 7.85. The summed E-state index contributed by atoms with van der Waals surface area (Å²) >= 11 is 0. The normalized spacial score (nSPS) is 12.3. The lowest BCUT2D eigenvalue weighted by Gasteiger charge is -2.19. The Kier molecular flexibility index (Phi) is 8.64. The minimum atomic E-state index is -3.67. The van der Waals surface area contributed by atoms with Crippen molar-refractivity contribution in [2.75, 3.05) is 26.1 Å². The van der Waals surface area contributed by atoms with Crippen LogP contribution in [0.1, 0.15) is 24.3 Å². The number of aromatic hydroxyl groups is 1. The van der Waals surface area contributed by atoms with Gasteiger partial charge in [0, 0.05) is 29.3 Å². The van der Waals surface area contributed by atoms with Crippen LogP contribution in [0.2, 0.25) is 0 Å². The Morgan fingerprint density at radius 3 is 2.42 bits per heavy atom. The largest absolute Gasteiger partial charge is 0.506 e. The van der Waals surface area contributed by atoms with E-state index >= 15 is 0 Å². The number of hydrogen-bond donors (Lipinski definition) is 3. The third-order valence-corrected chi connectivity index (χ3v) is 6.84. The van der Waals surface area contributed by atoms with Crippen molar-refractivity contribution in [3.8, 4) is 28.1 Å². The van der Waals surface area contributed by atoms with Crippen LogP contribution < -0.4 is 11.4 Å². The van der Waals surface area contributed by atoms with Gasteiger partial charge in [-0.3, -0.25) is 9.54 Å². The highest BCUT2D eigenvalue weighted by Gasteiger charge is 2.27. The maximum absolute atomic E-state index is 13.2. The molecule has 0 saturated heterocycles. The van der Waals surface area contributed by atoms with E-state index < -0.39 is 21.8 Å². The van der Waals surface area contributed by atoms with Crippen LogP contribution in [0, 0.1) is 0 Å². The van der Waals surface area contributed by atoms with Gasteiger partial charge in [0.15, 0.2) is 5.65 Å². The van der Waals surface area contributed by atoms with E-state index in [0.717, 1.165) is 28.6 Å². The molecule has 0 spiro atoms. The molecular weight excluding hydrogens is 598 g/mol. The molecule has 0 saturated carbocycles. The predicted molar refractivity (Wildman–Crippen MR) is 171 cm³/mol. The first-order chi connectivity index (χ1) is 21.3. The van der Waals surface area contributed by atoms with Crippen LogP contribution in [-0.4, -0.2) is 68.1 Å². The molecule has 0 amide bonds. The van der Waals surface area contributed by atoms with Crippen LogP contribution in [0.15, 0.2) is 82.5 Å². The van der Waals surface area contributed by atoms with Crippen LogP contribution in [0.25, 0.3) is 44.2 Å². The fourth-order valence-corrected chi connectivity index (χ4v) is 5.14. The molecule has 1 atom stereocenters. The molecule has 4 N–H and O–H groups in total. The van der Waals surface area contributed by atoms with Gasteiger partial charge in [0.05, 0.1) is 23.2 Å². The van der Waals surface area contributed by atoms with Crippen LogP contribution in [0.4, 0.5) is 5.82 Å². The first-order valence-corrected chi connectivity index (χ1v) is 15.5. The maximum Gasteiger partial charge on any atom is 0.343 e. The molecule has 6 aromatic rings. The number of nitrogens with two attached hydrogens (primary N) is 1. The van der Waals surface area contributed by atoms with Crippen LogP contribution >= 0.6 is 0 Å². The Hall–Kier alpha value is -5.18. The van der Waals surface area contributed by atoms with Gasteiger partial charge in [-0.05, 0) is 50.3 Å². The first kappa shape index (κ1) is 31.3. The zero-order valence-electron chi connectivity index (χ0n) is 24.9. The second-order valence-corrected chi connectivity index (χ2v) is 12.2. The fraction of sp³-hybridized carbons (Fsp3) is 0.194. The van der Waals surface area contributed by atoms with Gasteiger partial charge >= 0.3 is 5.63 Å². The van der Waals surface area contributed by atoms with Gasteiger partial charge in [0.25, 0.3) is 10.1 Å². The van der Waals surface area contributed by atoms with Gasteiger partial charge in [-0.1, -0.05) is 36.4 Å². The van der Waals surface area contributed by atoms with Gasteiger partial charge < -0.3 is 20.2 Å². The molecule has 6 rings (SSSR count). The van der Waals surface area contributed by atoms with Gasteiger partial charge in [0.1, 0.15) is 35.4 Å². The number of rotatable bonds is 6. The Morgan fingerprint density at radius 1 is 1.02 bits per heavy atom. The van der Waals surface area contributed by atoms with Crippen molar-refractivity contribution in [3.05, 3.63) is 95.1 Å². The van der Waals surface area contributed by atoms with Gasteiger partial charge in [-0.25, -0.2) is 19.4 Å². The summed E-state index contributed by atoms with van der Waals surface area (Å²) < 4.78 is 33.6. The van der Waals surface area contributed by atoms with Crippen molar-refractivity contribution < 1.29 is 22.5 Å². The van der Waals surface area contributed by atoms with Gasteiger partial charge in [-0.2, -0.15) is 13.5 Å². The monoisotopic (exact) mass is 629 g/mol. The second-order valence-electron chi connectivity index (χ2n) is 10.7. The van der Waals surface area contributed by atoms with E-state index in [1.54, 1.807) is 23.0 Å². The summed E-state index contributed by atoms with van der Waals surface area (Å²) in [7, 11) is 0.375. The summed E-state index contributed by atoms with van der Waals surface area (Å²) in [5, 5.41) is 16.7. The average molecular weight is 630 g/mol. The zero-order valence-corrected chi connectivity index (χ0v) is 25.7. The molecule has 0 fully saturated rings. The number of hydrogen-bond acceptors (Lipinski definition) is 11. The smallest absolute Gasteiger partial charge is 0.343 e. The second kappa shape index (κ2) is 12.4. The van der Waals surface area contributed by atoms with E-state index in [-0.39, 0.29) is 11.6 Å². The molecule has 0 aliphatic heterocycles. The average Bonchev–Trinajstić information content (AvgIpc) is 3.37. The van der Waals surface area contributed by atoms with Gasteiger partial charge in [-0.15, -0.1) is 0 Å². The third kappa shape index (κ3) is 6.82. The predicted octanol–water partition coefficient (Wildman–Crippen LogP) is 4.12. The van der Waals surface area contributed by atoms with E-state index in [0.29, 0.717) is 39.7 Å². The highest BCUT2D eigenvalue weighted by Crippen LogP contribution is 2.38. The molecule has 2 aromatic carbocycles. The van der Waals surface area contributed by atoms with Crippen LogP contribution in [-0.2, 0) is 16.7 Å². The molecule has 14 heteroatoms. The summed E-state index contributed by atoms with van der Waals surface area (Å²) in [6.07, 6.45) is 5.01. The number of nitrogens with zero attached hydrogens (tertiary/aromatic N) is 6. The lowest BCUT2D eigenvalue weighted by Crippen LogP contribution is -2.15. The SMILES string of the molecule is CC(c1oc(=O)c2ccccc2c1-c1cccc(CN(C)C)c1)n1nc(-c2cncc(O)c2)c2c(N)ncnc21.CS(=O)(=O)O. The quantitative estimate of drug-likeness (QED) is 0.224. The molecule has 0 aliphatic rings. The topological polar surface area (TPSA) is 191 Å². The molecule has 4 heterocycles. The van der Waals surface area contributed by atoms with Crippen molar-refractivity contribution in [2.24, 2.45) is 0 Å². The highest BCUT2D eigenvalue weighted by atomic mass is 32.2. The number of pyridine rings is 1.